The van der Waals surface area contributed by atoms with Crippen molar-refractivity contribution in [2.75, 3.05) is 6.54 Å². The van der Waals surface area contributed by atoms with Gasteiger partial charge in [-0.25, -0.2) is 14.6 Å². The fourth-order valence-corrected chi connectivity index (χ4v) is 4.55. The second-order valence-corrected chi connectivity index (χ2v) is 8.98. The van der Waals surface area contributed by atoms with Crippen LogP contribution in [0.3, 0.4) is 0 Å². The Morgan fingerprint density at radius 2 is 1.76 bits per heavy atom. The summed E-state index contributed by atoms with van der Waals surface area (Å²) in [5.74, 6) is -4.29. The van der Waals surface area contributed by atoms with E-state index in [9.17, 15) is 37.8 Å². The van der Waals surface area contributed by atoms with Gasteiger partial charge in [0.15, 0.2) is 5.60 Å². The maximum atomic E-state index is 13.2. The monoisotopic (exact) mass is 581 g/mol. The number of pyridine rings is 2. The average Bonchev–Trinajstić information content (AvgIpc) is 3.28. The summed E-state index contributed by atoms with van der Waals surface area (Å²) in [4.78, 5) is 48.4. The third-order valence-electron chi connectivity index (χ3n) is 6.56. The number of aliphatic carboxylic acids is 2. The number of carboxylic acid groups (broad SMARTS) is 2. The lowest BCUT2D eigenvalue weighted by Crippen LogP contribution is -2.44. The van der Waals surface area contributed by atoms with E-state index in [2.05, 4.69) is 5.73 Å². The fraction of sp³-hybridized carbons (Fsp3) is 0.346. The smallest absolute Gasteiger partial charge is 0.490 e. The van der Waals surface area contributed by atoms with Crippen molar-refractivity contribution in [2.45, 2.75) is 51.6 Å². The zero-order valence-corrected chi connectivity index (χ0v) is 21.8. The first-order valence-electron chi connectivity index (χ1n) is 12.1. The Hall–Kier alpha value is -4.50. The Morgan fingerprint density at radius 3 is 2.27 bits per heavy atom. The molecule has 0 fully saturated rings. The number of nitrogens with two attached hydrogens (primary N) is 1. The number of aryl methyl sites for hydroxylation is 1. The number of cyclic esters (lactones) is 1. The van der Waals surface area contributed by atoms with Crippen molar-refractivity contribution in [2.24, 2.45) is 5.73 Å². The number of rotatable bonds is 3. The number of aromatic hydroxyl groups is 1. The molecule has 6 N–H and O–H groups in total. The van der Waals surface area contributed by atoms with Crippen molar-refractivity contribution in [3.63, 3.8) is 0 Å². The lowest BCUT2D eigenvalue weighted by atomic mass is 9.86. The highest BCUT2D eigenvalue weighted by atomic mass is 19.4. The van der Waals surface area contributed by atoms with Crippen LogP contribution in [0.5, 0.6) is 5.75 Å². The fourth-order valence-electron chi connectivity index (χ4n) is 4.55. The number of carboxylic acids is 2. The molecule has 0 aliphatic carbocycles. The van der Waals surface area contributed by atoms with Crippen molar-refractivity contribution in [1.29, 1.82) is 0 Å². The first kappa shape index (κ1) is 31.0. The third kappa shape index (κ3) is 5.85. The van der Waals surface area contributed by atoms with E-state index in [1.807, 2.05) is 6.92 Å². The molecule has 15 heteroatoms. The summed E-state index contributed by atoms with van der Waals surface area (Å²) in [6, 6.07) is 6.75. The van der Waals surface area contributed by atoms with Gasteiger partial charge in [0.2, 0.25) is 0 Å². The molecule has 5 rings (SSSR count). The number of nitrogens with zero attached hydrogens (tertiary/aromatic N) is 2. The van der Waals surface area contributed by atoms with Crippen LogP contribution in [-0.2, 0) is 44.3 Å². The summed E-state index contributed by atoms with van der Waals surface area (Å²) in [6.45, 7) is 3.65. The minimum absolute atomic E-state index is 0.110. The number of ether oxygens (including phenoxy) is 1. The normalized spacial score (nSPS) is 16.7. The Morgan fingerprint density at radius 1 is 1.15 bits per heavy atom. The highest BCUT2D eigenvalue weighted by Crippen LogP contribution is 2.40. The molecule has 3 aromatic rings. The number of carbonyl (C=O) groups is 3. The van der Waals surface area contributed by atoms with Crippen molar-refractivity contribution in [3.8, 4) is 17.1 Å². The number of aromatic nitrogens is 2. The molecule has 1 atom stereocenters. The van der Waals surface area contributed by atoms with E-state index in [4.69, 9.17) is 24.7 Å². The van der Waals surface area contributed by atoms with Gasteiger partial charge in [0, 0.05) is 16.5 Å². The topological polar surface area (TPSA) is 202 Å². The number of esters is 1. The minimum Gasteiger partial charge on any atom is -0.508 e. The Bertz CT molecular complexity index is 1600. The Labute approximate surface area is 229 Å². The number of alkyl halides is 3. The first-order valence-corrected chi connectivity index (χ1v) is 12.1. The standard InChI is InChI=1S/C22H20N2O5.C2HF3O2.C2H5NO2/c1-3-12-13-7-11(25)5-6-17(13)23-19-14(12)9-24-18(19)8-16-15(20(24)26)10-29-21(27)22(16,28)4-2;3-2(4,5)1(6)7;3-1-2(4)5/h5-8,25,28H,3-4,9-10H2,1-2H3;(H,6,7);1,3H2,(H,4,5)/t22-;;/m0../s1. The number of fused-ring (bicyclic) bond motifs is 5. The van der Waals surface area contributed by atoms with Crippen LogP contribution in [-0.4, -0.2) is 60.6 Å². The van der Waals surface area contributed by atoms with Crippen molar-refractivity contribution >= 4 is 28.8 Å². The molecule has 220 valence electrons. The van der Waals surface area contributed by atoms with Gasteiger partial charge in [-0.3, -0.25) is 9.59 Å². The number of aliphatic hydroxyl groups is 1. The number of hydrogen-bond donors (Lipinski definition) is 5. The van der Waals surface area contributed by atoms with Gasteiger partial charge in [0.05, 0.1) is 35.6 Å². The third-order valence-corrected chi connectivity index (χ3v) is 6.56. The largest absolute Gasteiger partial charge is 0.508 e. The molecule has 2 aliphatic heterocycles. The van der Waals surface area contributed by atoms with Crippen LogP contribution in [0.15, 0.2) is 29.1 Å². The van der Waals surface area contributed by atoms with E-state index >= 15 is 0 Å². The van der Waals surface area contributed by atoms with Gasteiger partial charge in [0.25, 0.3) is 5.56 Å². The molecule has 0 bridgehead atoms. The SMILES string of the molecule is CCc1c2c(nc3ccc(O)cc13)-c1cc3c(c(=O)n1C2)COC(=O)[C@]3(O)CC.NCC(=O)O.O=C(O)C(F)(F)F. The van der Waals surface area contributed by atoms with Crippen LogP contribution >= 0.6 is 0 Å². The number of hydrogen-bond acceptors (Lipinski definition) is 9. The maximum absolute atomic E-state index is 13.2. The van der Waals surface area contributed by atoms with Crippen LogP contribution < -0.4 is 11.3 Å². The summed E-state index contributed by atoms with van der Waals surface area (Å²) in [6.07, 6.45) is -4.26. The second-order valence-electron chi connectivity index (χ2n) is 8.98. The highest BCUT2D eigenvalue weighted by molar-refractivity contribution is 5.89. The number of phenols is 1. The summed E-state index contributed by atoms with van der Waals surface area (Å²) in [5.41, 5.74) is 7.04. The number of halogens is 3. The van der Waals surface area contributed by atoms with Crippen LogP contribution in [0.25, 0.3) is 22.3 Å². The van der Waals surface area contributed by atoms with Gasteiger partial charge in [-0.1, -0.05) is 13.8 Å². The molecule has 2 aliphatic rings. The molecule has 0 saturated heterocycles. The molecule has 1 aromatic carbocycles. The van der Waals surface area contributed by atoms with E-state index in [-0.39, 0.29) is 30.9 Å². The highest BCUT2D eigenvalue weighted by Gasteiger charge is 2.45. The van der Waals surface area contributed by atoms with Gasteiger partial charge in [0.1, 0.15) is 12.4 Å². The van der Waals surface area contributed by atoms with Gasteiger partial charge in [-0.05, 0) is 42.7 Å². The molecule has 0 amide bonds. The van der Waals surface area contributed by atoms with Crippen molar-refractivity contribution in [1.82, 2.24) is 9.55 Å². The van der Waals surface area contributed by atoms with Crippen LogP contribution in [0.4, 0.5) is 13.2 Å². The Balaban J connectivity index is 0.000000327. The van der Waals surface area contributed by atoms with Gasteiger partial charge in [-0.2, -0.15) is 13.2 Å². The summed E-state index contributed by atoms with van der Waals surface area (Å²) < 4.78 is 38.5. The number of carbonyl (C=O) groups excluding carboxylic acids is 1. The first-order chi connectivity index (χ1) is 19.1. The van der Waals surface area contributed by atoms with E-state index in [1.54, 1.807) is 35.8 Å². The molecular weight excluding hydrogens is 555 g/mol. The molecule has 0 radical (unpaired) electrons. The van der Waals surface area contributed by atoms with Gasteiger partial charge >= 0.3 is 24.1 Å². The van der Waals surface area contributed by atoms with Gasteiger partial charge < -0.3 is 35.5 Å². The quantitative estimate of drug-likeness (QED) is 0.222. The van der Waals surface area contributed by atoms with Crippen LogP contribution in [0.2, 0.25) is 0 Å². The zero-order valence-electron chi connectivity index (χ0n) is 21.8. The minimum atomic E-state index is -5.08. The summed E-state index contributed by atoms with van der Waals surface area (Å²) in [7, 11) is 0. The van der Waals surface area contributed by atoms with E-state index in [0.29, 0.717) is 35.5 Å². The van der Waals surface area contributed by atoms with E-state index in [1.165, 1.54) is 0 Å². The number of phenolic OH excluding ortho intramolecular Hbond substituents is 1. The lowest BCUT2D eigenvalue weighted by Gasteiger charge is -2.31. The molecule has 0 saturated carbocycles. The second kappa shape index (κ2) is 11.5. The zero-order chi connectivity index (χ0) is 30.9. The maximum Gasteiger partial charge on any atom is 0.490 e. The van der Waals surface area contributed by atoms with E-state index < -0.39 is 29.7 Å². The van der Waals surface area contributed by atoms with Crippen molar-refractivity contribution < 1.29 is 52.7 Å². The molecule has 0 unspecified atom stereocenters. The molecule has 2 aromatic heterocycles. The average molecular weight is 582 g/mol. The predicted molar refractivity (Wildman–Crippen MR) is 136 cm³/mol. The Kier molecular flexibility index (Phi) is 8.74. The molecule has 0 spiro atoms. The summed E-state index contributed by atoms with van der Waals surface area (Å²) in [5, 5.41) is 36.4. The lowest BCUT2D eigenvalue weighted by molar-refractivity contribution is -0.192. The summed E-state index contributed by atoms with van der Waals surface area (Å²) >= 11 is 0. The molecular formula is C26H26F3N3O9. The van der Waals surface area contributed by atoms with Crippen LogP contribution in [0.1, 0.15) is 42.5 Å². The van der Waals surface area contributed by atoms with E-state index in [0.717, 1.165) is 22.0 Å². The van der Waals surface area contributed by atoms with Gasteiger partial charge in [-0.15, -0.1) is 0 Å². The molecule has 41 heavy (non-hydrogen) atoms. The predicted octanol–water partition coefficient (Wildman–Crippen LogP) is 2.01. The number of benzene rings is 1. The van der Waals surface area contributed by atoms with Crippen LogP contribution in [0, 0.1) is 0 Å². The van der Waals surface area contributed by atoms with Crippen molar-refractivity contribution in [3.05, 3.63) is 56.9 Å². The molecule has 12 nitrogen and oxygen atoms in total. The molecule has 4 heterocycles.